The number of nitrogens with zero attached hydrogens (tertiary/aromatic N) is 1. The zero-order valence-corrected chi connectivity index (χ0v) is 20.9. The molecule has 5 unspecified atom stereocenters. The van der Waals surface area contributed by atoms with E-state index >= 15 is 0 Å². The van der Waals surface area contributed by atoms with Crippen molar-refractivity contribution < 1.29 is 9.47 Å². The number of allylic oxidation sites excluding steroid dienone is 3. The van der Waals surface area contributed by atoms with Crippen LogP contribution in [0, 0.1) is 13.8 Å². The summed E-state index contributed by atoms with van der Waals surface area (Å²) in [4.78, 5) is 2.53. The van der Waals surface area contributed by atoms with Crippen molar-refractivity contribution in [2.45, 2.75) is 70.9 Å². The highest BCUT2D eigenvalue weighted by molar-refractivity contribution is 5.77. The molecule has 4 aliphatic rings. The van der Waals surface area contributed by atoms with Crippen molar-refractivity contribution in [3.05, 3.63) is 112 Å². The van der Waals surface area contributed by atoms with Gasteiger partial charge in [-0.3, -0.25) is 0 Å². The van der Waals surface area contributed by atoms with E-state index in [0.717, 1.165) is 5.76 Å². The Balaban J connectivity index is 1.48. The maximum absolute atomic E-state index is 6.27. The summed E-state index contributed by atoms with van der Waals surface area (Å²) in [7, 11) is 0. The fourth-order valence-electron chi connectivity index (χ4n) is 6.59. The lowest BCUT2D eigenvalue weighted by molar-refractivity contribution is -0.146. The Morgan fingerprint density at radius 3 is 2.41 bits per heavy atom. The average molecular weight is 452 g/mol. The van der Waals surface area contributed by atoms with Crippen LogP contribution in [0.25, 0.3) is 5.57 Å². The van der Waals surface area contributed by atoms with Gasteiger partial charge < -0.3 is 14.4 Å². The number of hydrogen-bond acceptors (Lipinski definition) is 3. The number of ether oxygens (including phenoxy) is 2. The quantitative estimate of drug-likeness (QED) is 0.464. The second-order valence-electron chi connectivity index (χ2n) is 10.7. The summed E-state index contributed by atoms with van der Waals surface area (Å²) in [5.41, 5.74) is 8.74. The topological polar surface area (TPSA) is 21.7 Å². The summed E-state index contributed by atoms with van der Waals surface area (Å²) in [6.45, 7) is 13.2. The van der Waals surface area contributed by atoms with Gasteiger partial charge in [0.2, 0.25) is 6.29 Å². The Hall–Kier alpha value is -3.04. The van der Waals surface area contributed by atoms with Crippen molar-refractivity contribution in [3.8, 4) is 0 Å². The molecule has 174 valence electrons. The van der Waals surface area contributed by atoms with Gasteiger partial charge in [0.25, 0.3) is 0 Å². The number of aryl methyl sites for hydroxylation is 2. The molecule has 0 saturated heterocycles. The van der Waals surface area contributed by atoms with Crippen LogP contribution in [0.2, 0.25) is 0 Å². The fourth-order valence-corrected chi connectivity index (χ4v) is 6.59. The second-order valence-corrected chi connectivity index (χ2v) is 10.7. The molecule has 0 radical (unpaired) electrons. The van der Waals surface area contributed by atoms with Crippen molar-refractivity contribution in [3.63, 3.8) is 0 Å². The third kappa shape index (κ3) is 2.86. The molecule has 3 heteroatoms. The smallest absolute Gasteiger partial charge is 0.225 e. The first-order valence-corrected chi connectivity index (χ1v) is 12.3. The molecule has 0 saturated carbocycles. The van der Waals surface area contributed by atoms with Crippen LogP contribution in [0.4, 0.5) is 0 Å². The molecule has 1 aliphatic carbocycles. The van der Waals surface area contributed by atoms with Crippen molar-refractivity contribution in [2.24, 2.45) is 0 Å². The molecule has 2 aromatic carbocycles. The van der Waals surface area contributed by atoms with E-state index in [0.29, 0.717) is 0 Å². The minimum absolute atomic E-state index is 0.0368. The van der Waals surface area contributed by atoms with Crippen LogP contribution >= 0.6 is 0 Å². The Kier molecular flexibility index (Phi) is 4.57. The molecule has 0 spiro atoms. The molecule has 0 aromatic heterocycles. The second kappa shape index (κ2) is 7.23. The van der Waals surface area contributed by atoms with E-state index in [1.165, 1.54) is 39.0 Å². The van der Waals surface area contributed by atoms with E-state index in [1.807, 2.05) is 13.0 Å². The summed E-state index contributed by atoms with van der Waals surface area (Å²) in [6.07, 6.45) is 11.1. The van der Waals surface area contributed by atoms with Crippen LogP contribution in [0.15, 0.2) is 84.3 Å². The van der Waals surface area contributed by atoms with Crippen LogP contribution in [0.5, 0.6) is 0 Å². The molecular formula is C31H33NO2. The molecule has 2 aromatic rings. The third-order valence-corrected chi connectivity index (χ3v) is 8.33. The maximum atomic E-state index is 6.27. The molecule has 0 N–H and O–H groups in total. The van der Waals surface area contributed by atoms with Crippen LogP contribution in [0.3, 0.4) is 0 Å². The van der Waals surface area contributed by atoms with Gasteiger partial charge in [0.1, 0.15) is 0 Å². The predicted octanol–water partition coefficient (Wildman–Crippen LogP) is 6.89. The Morgan fingerprint density at radius 2 is 1.68 bits per heavy atom. The summed E-state index contributed by atoms with van der Waals surface area (Å²) in [5.74, 6) is 0.931. The highest BCUT2D eigenvalue weighted by Crippen LogP contribution is 2.62. The summed E-state index contributed by atoms with van der Waals surface area (Å²) < 4.78 is 12.5. The van der Waals surface area contributed by atoms with E-state index in [9.17, 15) is 0 Å². The highest BCUT2D eigenvalue weighted by atomic mass is 16.7. The lowest BCUT2D eigenvalue weighted by Crippen LogP contribution is -2.69. The molecule has 3 nitrogen and oxygen atoms in total. The zero-order chi connectivity index (χ0) is 23.8. The van der Waals surface area contributed by atoms with E-state index < -0.39 is 0 Å². The molecule has 5 atom stereocenters. The maximum Gasteiger partial charge on any atom is 0.225 e. The number of rotatable bonds is 2. The number of fused-ring (bicyclic) bond motifs is 6. The summed E-state index contributed by atoms with van der Waals surface area (Å²) in [6, 6.07) is 15.9. The van der Waals surface area contributed by atoms with E-state index in [2.05, 4.69) is 106 Å². The first kappa shape index (κ1) is 21.5. The van der Waals surface area contributed by atoms with Gasteiger partial charge in [-0.15, -0.1) is 0 Å². The fraction of sp³-hybridized carbons (Fsp3) is 0.355. The monoisotopic (exact) mass is 451 g/mol. The highest BCUT2D eigenvalue weighted by Gasteiger charge is 2.64. The van der Waals surface area contributed by atoms with Gasteiger partial charge >= 0.3 is 0 Å². The largest absolute Gasteiger partial charge is 0.466 e. The minimum Gasteiger partial charge on any atom is -0.466 e. The third-order valence-electron chi connectivity index (χ3n) is 8.33. The number of hydrogen-bond donors (Lipinski definition) is 0. The molecule has 3 aliphatic heterocycles. The normalized spacial score (nSPS) is 33.4. The zero-order valence-electron chi connectivity index (χ0n) is 20.9. The van der Waals surface area contributed by atoms with Crippen molar-refractivity contribution >= 4 is 5.57 Å². The molecule has 0 amide bonds. The Bertz CT molecular complexity index is 1290. The molecular weight excluding hydrogens is 418 g/mol. The number of benzene rings is 2. The van der Waals surface area contributed by atoms with Gasteiger partial charge in [0.15, 0.2) is 0 Å². The minimum atomic E-state index is -0.359. The molecule has 34 heavy (non-hydrogen) atoms. The standard InChI is InChI=1S/C31H33NO2/c1-19-13-20(2)15-24(14-19)23-11-12-32-28(17-23)25-9-7-8-10-26(25)30(5)18-27(31(30,32)6)29-33-21(3)16-22(4)34-29/h7-18,21,28-29H,1-6H3. The van der Waals surface area contributed by atoms with Gasteiger partial charge in [0, 0.05) is 17.2 Å². The van der Waals surface area contributed by atoms with Crippen LogP contribution in [-0.2, 0) is 14.9 Å². The first-order valence-electron chi connectivity index (χ1n) is 12.3. The van der Waals surface area contributed by atoms with Gasteiger partial charge in [-0.2, -0.15) is 0 Å². The van der Waals surface area contributed by atoms with Gasteiger partial charge in [0.05, 0.1) is 23.4 Å². The molecule has 0 fully saturated rings. The molecule has 3 heterocycles. The van der Waals surface area contributed by atoms with Crippen LogP contribution in [0.1, 0.15) is 61.6 Å². The lowest BCUT2D eigenvalue weighted by atomic mass is 9.50. The summed E-state index contributed by atoms with van der Waals surface area (Å²) in [5, 5.41) is 0. The Morgan fingerprint density at radius 1 is 0.941 bits per heavy atom. The predicted molar refractivity (Wildman–Crippen MR) is 137 cm³/mol. The van der Waals surface area contributed by atoms with E-state index in [1.54, 1.807) is 0 Å². The van der Waals surface area contributed by atoms with E-state index in [4.69, 9.17) is 9.47 Å². The van der Waals surface area contributed by atoms with Crippen molar-refractivity contribution in [1.82, 2.24) is 4.90 Å². The van der Waals surface area contributed by atoms with Gasteiger partial charge in [-0.25, -0.2) is 0 Å². The molecule has 6 rings (SSSR count). The van der Waals surface area contributed by atoms with Crippen molar-refractivity contribution in [1.29, 1.82) is 0 Å². The molecule has 0 bridgehead atoms. The average Bonchev–Trinajstić information content (AvgIpc) is 2.79. The van der Waals surface area contributed by atoms with Gasteiger partial charge in [-0.1, -0.05) is 59.7 Å². The van der Waals surface area contributed by atoms with Crippen LogP contribution in [-0.4, -0.2) is 22.8 Å². The van der Waals surface area contributed by atoms with Crippen molar-refractivity contribution in [2.75, 3.05) is 0 Å². The lowest BCUT2D eigenvalue weighted by Gasteiger charge is -2.66. The summed E-state index contributed by atoms with van der Waals surface area (Å²) >= 11 is 0. The van der Waals surface area contributed by atoms with Crippen LogP contribution < -0.4 is 0 Å². The Labute approximate surface area is 203 Å². The first-order chi connectivity index (χ1) is 16.2. The SMILES string of the molecule is CC1=CC(C)OC(C2=CC3(C)c4ccccc4C4C=C(c5cc(C)cc(C)c5)C=CN4C23C)O1. The van der Waals surface area contributed by atoms with Gasteiger partial charge in [-0.05, 0) is 82.0 Å². The van der Waals surface area contributed by atoms with E-state index in [-0.39, 0.29) is 29.4 Å².